The molecule has 14 heavy (non-hydrogen) atoms. The third kappa shape index (κ3) is 7.99. The van der Waals surface area contributed by atoms with E-state index >= 15 is 0 Å². The molecule has 0 atom stereocenters. The first-order chi connectivity index (χ1) is 5.47. The van der Waals surface area contributed by atoms with Gasteiger partial charge in [-0.1, -0.05) is 7.60 Å². The summed E-state index contributed by atoms with van der Waals surface area (Å²) in [7, 11) is -4.48. The smallest absolute Gasteiger partial charge is 0.810 e. The molecule has 0 N–H and O–H groups in total. The van der Waals surface area contributed by atoms with Gasteiger partial charge in [-0.2, -0.15) is 0 Å². The summed E-state index contributed by atoms with van der Waals surface area (Å²) in [6.45, 7) is 0. The largest absolute Gasteiger partial charge is 1.00 e. The summed E-state index contributed by atoms with van der Waals surface area (Å²) >= 11 is 3.14. The fourth-order valence-corrected chi connectivity index (χ4v) is 1.52. The minimum absolute atomic E-state index is 0. The third-order valence-corrected chi connectivity index (χ3v) is 2.32. The van der Waals surface area contributed by atoms with Gasteiger partial charge in [0.2, 0.25) is 0 Å². The van der Waals surface area contributed by atoms with E-state index in [1.54, 1.807) is 6.07 Å². The Hall–Kier alpha value is 1.78. The number of nitrogens with zero attached hydrogens (tertiary/aromatic N) is 1. The Balaban J connectivity index is 0. The molecule has 1 aromatic rings. The Morgan fingerprint density at radius 1 is 1.36 bits per heavy atom. The van der Waals surface area contributed by atoms with Crippen LogP contribution >= 0.6 is 23.5 Å². The molecule has 0 saturated carbocycles. The van der Waals surface area contributed by atoms with Gasteiger partial charge >= 0.3 is 59.1 Å². The van der Waals surface area contributed by atoms with Crippen molar-refractivity contribution in [2.75, 3.05) is 0 Å². The monoisotopic (exact) mass is 295 g/mol. The van der Waals surface area contributed by atoms with Crippen molar-refractivity contribution in [2.24, 2.45) is 0 Å². The van der Waals surface area contributed by atoms with Crippen LogP contribution < -0.4 is 68.9 Å². The van der Waals surface area contributed by atoms with Crippen molar-refractivity contribution in [2.45, 2.75) is 6.16 Å². The summed E-state index contributed by atoms with van der Waals surface area (Å²) in [6, 6.07) is 3.13. The second-order valence-electron chi connectivity index (χ2n) is 2.24. The summed E-state index contributed by atoms with van der Waals surface area (Å²) in [4.78, 5) is 24.4. The number of pyridine rings is 1. The molecule has 4 nitrogen and oxygen atoms in total. The van der Waals surface area contributed by atoms with Gasteiger partial charge in [-0.25, -0.2) is 0 Å². The van der Waals surface area contributed by atoms with Gasteiger partial charge in [-0.15, -0.1) is 0 Å². The number of hydrogen-bond donors (Lipinski definition) is 0. The van der Waals surface area contributed by atoms with E-state index in [1.165, 1.54) is 12.3 Å². The molecule has 1 aromatic heterocycles. The molecule has 1 heterocycles. The van der Waals surface area contributed by atoms with Crippen LogP contribution in [0.15, 0.2) is 22.8 Å². The molecule has 0 bridgehead atoms. The maximum atomic E-state index is 10.3. The minimum atomic E-state index is -4.48. The zero-order valence-electron chi connectivity index (χ0n) is 7.94. The predicted octanol–water partition coefficient (Wildman–Crippen LogP) is -5.73. The first-order valence-corrected chi connectivity index (χ1v) is 5.61. The van der Waals surface area contributed by atoms with Gasteiger partial charge in [-0.05, 0) is 28.1 Å². The average Bonchev–Trinajstić information content (AvgIpc) is 1.91. The van der Waals surface area contributed by atoms with Crippen LogP contribution in [0.3, 0.4) is 0 Å². The fourth-order valence-electron chi connectivity index (χ4n) is 0.698. The maximum absolute atomic E-state index is 10.3. The Labute approximate surface area is 135 Å². The van der Waals surface area contributed by atoms with Gasteiger partial charge in [0.25, 0.3) is 0 Å². The minimum Gasteiger partial charge on any atom is -0.810 e. The summed E-state index contributed by atoms with van der Waals surface area (Å²) in [6.07, 6.45) is 0.922. The van der Waals surface area contributed by atoms with Crippen molar-refractivity contribution >= 4 is 23.5 Å². The third-order valence-electron chi connectivity index (χ3n) is 1.14. The van der Waals surface area contributed by atoms with Crippen LogP contribution in [-0.2, 0) is 10.7 Å². The Morgan fingerprint density at radius 2 is 1.93 bits per heavy atom. The summed E-state index contributed by atoms with van der Waals surface area (Å²) in [5.74, 6) is 0. The van der Waals surface area contributed by atoms with E-state index < -0.39 is 13.8 Å². The van der Waals surface area contributed by atoms with Crippen LogP contribution in [-0.4, -0.2) is 4.98 Å². The summed E-state index contributed by atoms with van der Waals surface area (Å²) in [5, 5.41) is 0. The van der Waals surface area contributed by atoms with Gasteiger partial charge in [0, 0.05) is 22.5 Å². The molecule has 0 unspecified atom stereocenters. The zero-order valence-corrected chi connectivity index (χ0v) is 14.4. The molecule has 66 valence electrons. The summed E-state index contributed by atoms with van der Waals surface area (Å²) < 4.78 is 11.1. The summed E-state index contributed by atoms with van der Waals surface area (Å²) in [5.41, 5.74) is 0.270. The second-order valence-corrected chi connectivity index (χ2v) is 4.69. The van der Waals surface area contributed by atoms with E-state index in [9.17, 15) is 14.4 Å². The molecule has 0 aliphatic rings. The van der Waals surface area contributed by atoms with Crippen LogP contribution in [0.25, 0.3) is 0 Å². The molecule has 0 aromatic carbocycles. The van der Waals surface area contributed by atoms with E-state index in [0.717, 1.165) is 4.47 Å². The molecule has 1 rings (SSSR count). The van der Waals surface area contributed by atoms with Gasteiger partial charge in [0.15, 0.2) is 0 Å². The first kappa shape index (κ1) is 18.2. The van der Waals surface area contributed by atoms with E-state index in [2.05, 4.69) is 20.9 Å². The van der Waals surface area contributed by atoms with Gasteiger partial charge in [0.05, 0.1) is 0 Å². The second kappa shape index (κ2) is 7.96. The van der Waals surface area contributed by atoms with Crippen molar-refractivity contribution in [3.63, 3.8) is 0 Å². The molecule has 0 aliphatic carbocycles. The quantitative estimate of drug-likeness (QED) is 0.402. The molecule has 0 spiro atoms. The van der Waals surface area contributed by atoms with Crippen LogP contribution in [0.2, 0.25) is 0 Å². The van der Waals surface area contributed by atoms with E-state index in [-0.39, 0.29) is 64.8 Å². The normalized spacial score (nSPS) is 9.93. The van der Waals surface area contributed by atoms with E-state index in [0.29, 0.717) is 0 Å². The number of rotatable bonds is 2. The molecule has 0 saturated heterocycles. The van der Waals surface area contributed by atoms with E-state index in [4.69, 9.17) is 0 Å². The number of halogens is 1. The van der Waals surface area contributed by atoms with Crippen LogP contribution in [0.4, 0.5) is 0 Å². The number of aromatic nitrogens is 1. The maximum Gasteiger partial charge on any atom is 1.00 e. The molecule has 8 heteroatoms. The van der Waals surface area contributed by atoms with E-state index in [1.807, 2.05) is 0 Å². The van der Waals surface area contributed by atoms with Crippen molar-refractivity contribution in [3.05, 3.63) is 28.5 Å². The van der Waals surface area contributed by atoms with Crippen molar-refractivity contribution in [1.82, 2.24) is 4.98 Å². The van der Waals surface area contributed by atoms with Crippen molar-refractivity contribution < 1.29 is 73.5 Å². The van der Waals surface area contributed by atoms with Crippen LogP contribution in [0, 0.1) is 0 Å². The van der Waals surface area contributed by atoms with Crippen molar-refractivity contribution in [1.29, 1.82) is 0 Å². The molecule has 0 aliphatic heterocycles. The van der Waals surface area contributed by atoms with Crippen LogP contribution in [0.5, 0.6) is 0 Å². The van der Waals surface area contributed by atoms with Crippen molar-refractivity contribution in [3.8, 4) is 0 Å². The molecule has 0 fully saturated rings. The standard InChI is InChI=1S/C6H7BrNO3P.2Na/c7-5-1-2-6(8-3-5)4-12(9,10)11;;/h1-3H,4H2,(H2,9,10,11);;/q;2*+1/p-2. The number of hydrogen-bond acceptors (Lipinski definition) is 4. The Kier molecular flexibility index (Phi) is 10.3. The topological polar surface area (TPSA) is 76.1 Å². The Bertz CT molecular complexity index is 315. The average molecular weight is 296 g/mol. The van der Waals surface area contributed by atoms with Gasteiger partial charge in [0.1, 0.15) is 0 Å². The zero-order chi connectivity index (χ0) is 9.19. The molecule has 0 radical (unpaired) electrons. The predicted molar refractivity (Wildman–Crippen MR) is 43.2 cm³/mol. The van der Waals surface area contributed by atoms with Crippen LogP contribution in [0.1, 0.15) is 5.69 Å². The molecule has 0 amide bonds. The fraction of sp³-hybridized carbons (Fsp3) is 0.167. The van der Waals surface area contributed by atoms with Gasteiger partial charge < -0.3 is 14.4 Å². The van der Waals surface area contributed by atoms with Gasteiger partial charge in [-0.3, -0.25) is 4.98 Å². The first-order valence-electron chi connectivity index (χ1n) is 3.09. The SMILES string of the molecule is O=P([O-])([O-])Cc1ccc(Br)cn1.[Na+].[Na+]. The molecular formula is C6H5BrNNa2O3P. The Morgan fingerprint density at radius 3 is 2.29 bits per heavy atom. The molecular weight excluding hydrogens is 291 g/mol.